The maximum absolute atomic E-state index is 12.1. The van der Waals surface area contributed by atoms with E-state index in [4.69, 9.17) is 5.73 Å². The monoisotopic (exact) mass is 329 g/mol. The highest BCUT2D eigenvalue weighted by Gasteiger charge is 2.21. The van der Waals surface area contributed by atoms with E-state index in [2.05, 4.69) is 16.7 Å². The minimum Gasteiger partial charge on any atom is -0.399 e. The first-order chi connectivity index (χ1) is 9.94. The lowest BCUT2D eigenvalue weighted by Gasteiger charge is -2.29. The molecule has 1 aliphatic heterocycles. The molecule has 21 heavy (non-hydrogen) atoms. The zero-order chi connectivity index (χ0) is 15.3. The third-order valence-electron chi connectivity index (χ3n) is 3.54. The van der Waals surface area contributed by atoms with E-state index in [1.807, 2.05) is 24.3 Å². The number of anilines is 1. The van der Waals surface area contributed by atoms with Gasteiger partial charge in [-0.25, -0.2) is 13.1 Å². The topological polar surface area (TPSA) is 75.4 Å². The molecule has 1 saturated heterocycles. The van der Waals surface area contributed by atoms with Gasteiger partial charge < -0.3 is 10.6 Å². The van der Waals surface area contributed by atoms with Crippen molar-refractivity contribution in [3.63, 3.8) is 0 Å². The Balaban J connectivity index is 1.76. The molecular weight excluding hydrogens is 306 g/mol. The molecule has 1 aliphatic rings. The van der Waals surface area contributed by atoms with Crippen molar-refractivity contribution in [3.05, 3.63) is 24.3 Å². The van der Waals surface area contributed by atoms with Crippen LogP contribution in [0.1, 0.15) is 12.8 Å². The van der Waals surface area contributed by atoms with Gasteiger partial charge in [-0.2, -0.15) is 0 Å². The maximum Gasteiger partial charge on any atom is 0.212 e. The molecule has 0 aromatic heterocycles. The smallest absolute Gasteiger partial charge is 0.212 e. The number of piperidine rings is 1. The Morgan fingerprint density at radius 1 is 1.38 bits per heavy atom. The second-order valence-corrected chi connectivity index (χ2v) is 8.48. The Labute approximate surface area is 131 Å². The number of nitrogens with two attached hydrogens (primary N) is 1. The van der Waals surface area contributed by atoms with E-state index in [0.29, 0.717) is 11.4 Å². The molecule has 0 atom stereocenters. The Bertz CT molecular complexity index is 555. The van der Waals surface area contributed by atoms with Crippen LogP contribution in [0, 0.1) is 0 Å². The van der Waals surface area contributed by atoms with E-state index >= 15 is 0 Å². The average Bonchev–Trinajstić information content (AvgIpc) is 2.41. The number of hydrogen-bond donors (Lipinski definition) is 2. The number of nitrogens with one attached hydrogen (secondary N) is 1. The van der Waals surface area contributed by atoms with Crippen molar-refractivity contribution in [1.29, 1.82) is 0 Å². The van der Waals surface area contributed by atoms with Crippen molar-refractivity contribution >= 4 is 27.5 Å². The van der Waals surface area contributed by atoms with E-state index in [1.165, 1.54) is 11.8 Å². The molecule has 1 aromatic carbocycles. The molecule has 5 nitrogen and oxygen atoms in total. The third kappa shape index (κ3) is 5.86. The standard InChI is InChI=1S/C14H23N3O2S2/c1-17-7-5-13(6-8-17)16-21(18,19)10-9-20-14-4-2-3-12(15)11-14/h2-4,11,13,16H,5-10,15H2,1H3. The zero-order valence-corrected chi connectivity index (χ0v) is 13.9. The normalized spacial score (nSPS) is 18.0. The maximum atomic E-state index is 12.1. The van der Waals surface area contributed by atoms with Gasteiger partial charge in [-0.05, 0) is 51.2 Å². The van der Waals surface area contributed by atoms with E-state index in [1.54, 1.807) is 0 Å². The summed E-state index contributed by atoms with van der Waals surface area (Å²) in [6, 6.07) is 7.59. The Kier molecular flexibility index (Phi) is 5.92. The highest BCUT2D eigenvalue weighted by Crippen LogP contribution is 2.20. The fraction of sp³-hybridized carbons (Fsp3) is 0.571. The molecule has 0 saturated carbocycles. The van der Waals surface area contributed by atoms with Gasteiger partial charge in [-0.3, -0.25) is 0 Å². The van der Waals surface area contributed by atoms with Crippen LogP contribution in [0.5, 0.6) is 0 Å². The van der Waals surface area contributed by atoms with Crippen LogP contribution >= 0.6 is 11.8 Å². The number of hydrogen-bond acceptors (Lipinski definition) is 5. The summed E-state index contributed by atoms with van der Waals surface area (Å²) >= 11 is 1.52. The van der Waals surface area contributed by atoms with Crippen LogP contribution in [0.4, 0.5) is 5.69 Å². The molecule has 3 N–H and O–H groups in total. The highest BCUT2D eigenvalue weighted by atomic mass is 32.2. The lowest BCUT2D eigenvalue weighted by atomic mass is 10.1. The molecule has 2 rings (SSSR count). The molecule has 1 fully saturated rings. The number of nitrogen functional groups attached to an aromatic ring is 1. The number of benzene rings is 1. The van der Waals surface area contributed by atoms with Crippen LogP contribution in [-0.2, 0) is 10.0 Å². The predicted octanol–water partition coefficient (Wildman–Crippen LogP) is 1.37. The minimum absolute atomic E-state index is 0.0866. The van der Waals surface area contributed by atoms with Gasteiger partial charge in [-0.1, -0.05) is 6.07 Å². The fourth-order valence-corrected chi connectivity index (χ4v) is 5.02. The molecule has 0 unspecified atom stereocenters. The average molecular weight is 329 g/mol. The van der Waals surface area contributed by atoms with Gasteiger partial charge in [0, 0.05) is 22.4 Å². The first kappa shape index (κ1) is 16.6. The summed E-state index contributed by atoms with van der Waals surface area (Å²) in [5.74, 6) is 0.671. The SMILES string of the molecule is CN1CCC(NS(=O)(=O)CCSc2cccc(N)c2)CC1. The van der Waals surface area contributed by atoms with E-state index in [0.717, 1.165) is 30.8 Å². The van der Waals surface area contributed by atoms with Gasteiger partial charge in [0.2, 0.25) is 10.0 Å². The third-order valence-corrected chi connectivity index (χ3v) is 6.23. The summed E-state index contributed by atoms with van der Waals surface area (Å²) in [5.41, 5.74) is 6.40. The van der Waals surface area contributed by atoms with Crippen LogP contribution < -0.4 is 10.5 Å². The van der Waals surface area contributed by atoms with Crippen molar-refractivity contribution in [1.82, 2.24) is 9.62 Å². The van der Waals surface area contributed by atoms with Gasteiger partial charge in [-0.15, -0.1) is 11.8 Å². The quantitative estimate of drug-likeness (QED) is 0.609. The molecule has 0 aliphatic carbocycles. The van der Waals surface area contributed by atoms with Gasteiger partial charge in [0.25, 0.3) is 0 Å². The first-order valence-electron chi connectivity index (χ1n) is 7.11. The Morgan fingerprint density at radius 3 is 2.76 bits per heavy atom. The summed E-state index contributed by atoms with van der Waals surface area (Å²) in [6.07, 6.45) is 1.77. The van der Waals surface area contributed by atoms with E-state index < -0.39 is 10.0 Å². The van der Waals surface area contributed by atoms with Crippen molar-refractivity contribution in [2.45, 2.75) is 23.8 Å². The fourth-order valence-electron chi connectivity index (χ4n) is 2.31. The van der Waals surface area contributed by atoms with E-state index in [9.17, 15) is 8.42 Å². The first-order valence-corrected chi connectivity index (χ1v) is 9.75. The van der Waals surface area contributed by atoms with Gasteiger partial charge in [0.15, 0.2) is 0 Å². The Morgan fingerprint density at radius 2 is 2.10 bits per heavy atom. The number of sulfonamides is 1. The summed E-state index contributed by atoms with van der Waals surface area (Å²) < 4.78 is 27.0. The zero-order valence-electron chi connectivity index (χ0n) is 12.3. The molecular formula is C14H23N3O2S2. The highest BCUT2D eigenvalue weighted by molar-refractivity contribution is 8.00. The molecule has 0 spiro atoms. The van der Waals surface area contributed by atoms with Crippen LogP contribution in [0.25, 0.3) is 0 Å². The predicted molar refractivity (Wildman–Crippen MR) is 89.0 cm³/mol. The van der Waals surface area contributed by atoms with Crippen molar-refractivity contribution in [2.75, 3.05) is 37.4 Å². The van der Waals surface area contributed by atoms with Gasteiger partial charge >= 0.3 is 0 Å². The molecule has 0 radical (unpaired) electrons. The molecule has 1 heterocycles. The van der Waals surface area contributed by atoms with Crippen molar-refractivity contribution in [3.8, 4) is 0 Å². The molecule has 1 aromatic rings. The van der Waals surface area contributed by atoms with Crippen LogP contribution in [0.2, 0.25) is 0 Å². The largest absolute Gasteiger partial charge is 0.399 e. The summed E-state index contributed by atoms with van der Waals surface area (Å²) in [6.45, 7) is 1.90. The molecule has 0 amide bonds. The van der Waals surface area contributed by atoms with Gasteiger partial charge in [0.05, 0.1) is 5.75 Å². The number of likely N-dealkylation sites (tertiary alicyclic amines) is 1. The number of rotatable bonds is 6. The molecule has 0 bridgehead atoms. The van der Waals surface area contributed by atoms with Crippen LogP contribution in [0.3, 0.4) is 0 Å². The summed E-state index contributed by atoms with van der Waals surface area (Å²) in [7, 11) is -1.14. The summed E-state index contributed by atoms with van der Waals surface area (Å²) in [4.78, 5) is 3.23. The molecule has 118 valence electrons. The number of nitrogens with zero attached hydrogens (tertiary/aromatic N) is 1. The molecule has 7 heteroatoms. The Hall–Kier alpha value is -0.760. The van der Waals surface area contributed by atoms with Crippen LogP contribution in [-0.4, -0.2) is 51.0 Å². The van der Waals surface area contributed by atoms with Crippen LogP contribution in [0.15, 0.2) is 29.2 Å². The minimum atomic E-state index is -3.20. The van der Waals surface area contributed by atoms with Crippen molar-refractivity contribution < 1.29 is 8.42 Å². The van der Waals surface area contributed by atoms with Gasteiger partial charge in [0.1, 0.15) is 0 Å². The second-order valence-electron chi connectivity index (χ2n) is 5.44. The van der Waals surface area contributed by atoms with E-state index in [-0.39, 0.29) is 11.8 Å². The summed E-state index contributed by atoms with van der Waals surface area (Å²) in [5, 5.41) is 0. The number of thioether (sulfide) groups is 1. The van der Waals surface area contributed by atoms with Crippen molar-refractivity contribution in [2.24, 2.45) is 0 Å². The lowest BCUT2D eigenvalue weighted by molar-refractivity contribution is 0.248. The second kappa shape index (κ2) is 7.49. The lowest BCUT2D eigenvalue weighted by Crippen LogP contribution is -2.44.